The molecule has 5 atom stereocenters. The summed E-state index contributed by atoms with van der Waals surface area (Å²) >= 11 is 0. The third-order valence-electron chi connectivity index (χ3n) is 5.09. The Hall–Kier alpha value is -0.750. The van der Waals surface area contributed by atoms with Crippen LogP contribution in [0.4, 0.5) is 0 Å². The fourth-order valence-electron chi connectivity index (χ4n) is 3.91. The van der Waals surface area contributed by atoms with Gasteiger partial charge in [-0.15, -0.1) is 0 Å². The predicted molar refractivity (Wildman–Crippen MR) is 70.7 cm³/mol. The lowest BCUT2D eigenvalue weighted by Gasteiger charge is -2.35. The van der Waals surface area contributed by atoms with Crippen LogP contribution in [-0.2, 0) is 19.1 Å². The summed E-state index contributed by atoms with van der Waals surface area (Å²) in [6.07, 6.45) is 6.37. The van der Waals surface area contributed by atoms with E-state index in [1.165, 1.54) is 0 Å². The van der Waals surface area contributed by atoms with Gasteiger partial charge in [0.15, 0.2) is 5.78 Å². The second-order valence-corrected chi connectivity index (χ2v) is 6.36. The van der Waals surface area contributed by atoms with E-state index in [1.807, 2.05) is 18.9 Å². The molecular formula is C15H21NO4. The van der Waals surface area contributed by atoms with Crippen molar-refractivity contribution in [3.8, 4) is 0 Å². The summed E-state index contributed by atoms with van der Waals surface area (Å²) in [4.78, 5) is 18.4. The molecule has 0 saturated carbocycles. The molecule has 3 fully saturated rings. The first-order valence-electron chi connectivity index (χ1n) is 7.63. The van der Waals surface area contributed by atoms with Crippen LogP contribution in [0.1, 0.15) is 33.1 Å². The quantitative estimate of drug-likeness (QED) is 0.671. The molecule has 5 heteroatoms. The van der Waals surface area contributed by atoms with E-state index >= 15 is 0 Å². The monoisotopic (exact) mass is 279 g/mol. The topological polar surface area (TPSA) is 48.0 Å². The zero-order valence-corrected chi connectivity index (χ0v) is 12.0. The molecule has 3 heterocycles. The highest BCUT2D eigenvalue weighted by Crippen LogP contribution is 2.47. The number of ether oxygens (including phenoxy) is 2. The lowest BCUT2D eigenvalue weighted by atomic mass is 9.79. The summed E-state index contributed by atoms with van der Waals surface area (Å²) in [6.45, 7) is 4.90. The summed E-state index contributed by atoms with van der Waals surface area (Å²) in [5, 5.41) is 1.99. The van der Waals surface area contributed by atoms with Crippen molar-refractivity contribution in [3.63, 3.8) is 0 Å². The maximum absolute atomic E-state index is 12.3. The average Bonchev–Trinajstić information content (AvgIpc) is 2.95. The van der Waals surface area contributed by atoms with E-state index in [-0.39, 0.29) is 36.1 Å². The van der Waals surface area contributed by atoms with Crippen molar-refractivity contribution in [2.24, 2.45) is 5.92 Å². The maximum atomic E-state index is 12.3. The highest BCUT2D eigenvalue weighted by Gasteiger charge is 2.62. The zero-order valence-electron chi connectivity index (χ0n) is 12.0. The second-order valence-electron chi connectivity index (χ2n) is 6.36. The Morgan fingerprint density at radius 1 is 1.25 bits per heavy atom. The molecule has 1 spiro atoms. The molecule has 0 radical (unpaired) electrons. The largest absolute Gasteiger partial charge is 0.338 e. The Bertz CT molecular complexity index is 453. The molecule has 0 aromatic heterocycles. The molecule has 110 valence electrons. The number of piperidine rings is 1. The van der Waals surface area contributed by atoms with Gasteiger partial charge in [-0.05, 0) is 38.8 Å². The van der Waals surface area contributed by atoms with Crippen LogP contribution >= 0.6 is 0 Å². The van der Waals surface area contributed by atoms with Crippen LogP contribution in [0.5, 0.6) is 0 Å². The first kappa shape index (κ1) is 13.0. The molecule has 3 aliphatic heterocycles. The lowest BCUT2D eigenvalue weighted by molar-refractivity contribution is -0.266. The first-order chi connectivity index (χ1) is 9.61. The highest BCUT2D eigenvalue weighted by atomic mass is 16.8. The number of carbonyl (C=O) groups excluding carboxylic acids is 1. The lowest BCUT2D eigenvalue weighted by Crippen LogP contribution is -2.51. The Morgan fingerprint density at radius 2 is 2.00 bits per heavy atom. The molecule has 3 saturated heterocycles. The number of nitrogens with zero attached hydrogens (tertiary/aromatic N) is 1. The van der Waals surface area contributed by atoms with E-state index in [0.29, 0.717) is 0 Å². The van der Waals surface area contributed by atoms with Gasteiger partial charge in [0.25, 0.3) is 0 Å². The van der Waals surface area contributed by atoms with E-state index in [9.17, 15) is 4.79 Å². The minimum Gasteiger partial charge on any atom is -0.338 e. The first-order valence-corrected chi connectivity index (χ1v) is 7.63. The smallest absolute Gasteiger partial charge is 0.218 e. The summed E-state index contributed by atoms with van der Waals surface area (Å²) < 4.78 is 12.1. The van der Waals surface area contributed by atoms with Gasteiger partial charge in [0.1, 0.15) is 6.10 Å². The molecule has 0 N–H and O–H groups in total. The van der Waals surface area contributed by atoms with Crippen molar-refractivity contribution in [2.45, 2.75) is 63.3 Å². The Morgan fingerprint density at radius 3 is 2.75 bits per heavy atom. The Kier molecular flexibility index (Phi) is 2.83. The van der Waals surface area contributed by atoms with Gasteiger partial charge < -0.3 is 9.47 Å². The number of ketones is 1. The number of rotatable bonds is 0. The van der Waals surface area contributed by atoms with Gasteiger partial charge in [0.05, 0.1) is 18.1 Å². The second kappa shape index (κ2) is 4.37. The Balaban J connectivity index is 1.70. The molecule has 0 aromatic rings. The fraction of sp³-hybridized carbons (Fsp3) is 0.800. The number of fused-ring (bicyclic) bond motifs is 4. The van der Waals surface area contributed by atoms with E-state index in [1.54, 1.807) is 12.2 Å². The third kappa shape index (κ3) is 1.67. The maximum Gasteiger partial charge on any atom is 0.218 e. The van der Waals surface area contributed by atoms with Crippen LogP contribution in [0, 0.1) is 5.92 Å². The van der Waals surface area contributed by atoms with Gasteiger partial charge in [-0.1, -0.05) is 6.42 Å². The third-order valence-corrected chi connectivity index (χ3v) is 5.09. The molecule has 0 amide bonds. The van der Waals surface area contributed by atoms with Gasteiger partial charge in [0, 0.05) is 12.6 Å². The van der Waals surface area contributed by atoms with Crippen LogP contribution in [-0.4, -0.2) is 47.5 Å². The summed E-state index contributed by atoms with van der Waals surface area (Å²) in [7, 11) is 0. The van der Waals surface area contributed by atoms with Gasteiger partial charge in [-0.3, -0.25) is 9.63 Å². The van der Waals surface area contributed by atoms with Gasteiger partial charge in [-0.25, -0.2) is 0 Å². The molecule has 4 rings (SSSR count). The normalized spacial score (nSPS) is 51.5. The standard InChI is InChI=1S/C15H21NO4/c1-9-10(2)19-15(18-9)7-6-12(17)13-11-5-3-4-8-16(11)20-14(13)15/h6-7,9-11,13-14H,3-5,8H2,1-2H3/t9?,10?,11-,13-,14-,15?/m1/s1. The van der Waals surface area contributed by atoms with Crippen LogP contribution in [0.3, 0.4) is 0 Å². The van der Waals surface area contributed by atoms with E-state index < -0.39 is 5.79 Å². The molecule has 1 aliphatic carbocycles. The van der Waals surface area contributed by atoms with Crippen LogP contribution in [0.25, 0.3) is 0 Å². The molecule has 20 heavy (non-hydrogen) atoms. The number of allylic oxidation sites excluding steroid dienone is 1. The van der Waals surface area contributed by atoms with Crippen molar-refractivity contribution >= 4 is 5.78 Å². The molecule has 2 unspecified atom stereocenters. The number of hydrogen-bond acceptors (Lipinski definition) is 5. The minimum atomic E-state index is -0.880. The number of carbonyl (C=O) groups is 1. The summed E-state index contributed by atoms with van der Waals surface area (Å²) in [5.41, 5.74) is 0. The van der Waals surface area contributed by atoms with Crippen LogP contribution in [0.2, 0.25) is 0 Å². The number of hydroxylamine groups is 2. The summed E-state index contributed by atoms with van der Waals surface area (Å²) in [6, 6.07) is 0.182. The van der Waals surface area contributed by atoms with Crippen molar-refractivity contribution in [1.29, 1.82) is 0 Å². The van der Waals surface area contributed by atoms with Gasteiger partial charge >= 0.3 is 0 Å². The van der Waals surface area contributed by atoms with Crippen LogP contribution in [0.15, 0.2) is 12.2 Å². The van der Waals surface area contributed by atoms with Crippen molar-refractivity contribution in [1.82, 2.24) is 5.06 Å². The van der Waals surface area contributed by atoms with Crippen molar-refractivity contribution in [3.05, 3.63) is 12.2 Å². The SMILES string of the molecule is CC1OC2(C=CC(=O)[C@H]3[C@H]4CCCCN4O[C@H]32)OC1C. The van der Waals surface area contributed by atoms with E-state index in [4.69, 9.17) is 14.3 Å². The summed E-state index contributed by atoms with van der Waals surface area (Å²) in [5.74, 6) is -0.887. The van der Waals surface area contributed by atoms with Crippen molar-refractivity contribution < 1.29 is 19.1 Å². The molecule has 0 aromatic carbocycles. The zero-order chi connectivity index (χ0) is 13.9. The molecule has 0 bridgehead atoms. The molecule has 5 nitrogen and oxygen atoms in total. The predicted octanol–water partition coefficient (Wildman–Crippen LogP) is 1.43. The van der Waals surface area contributed by atoms with Crippen LogP contribution < -0.4 is 0 Å². The average molecular weight is 279 g/mol. The molecular weight excluding hydrogens is 258 g/mol. The molecule has 4 aliphatic rings. The number of hydrogen-bond donors (Lipinski definition) is 0. The van der Waals surface area contributed by atoms with E-state index in [0.717, 1.165) is 25.8 Å². The highest BCUT2D eigenvalue weighted by molar-refractivity contribution is 5.94. The Labute approximate surface area is 118 Å². The minimum absolute atomic E-state index is 0.00901. The van der Waals surface area contributed by atoms with Gasteiger partial charge in [0.2, 0.25) is 5.79 Å². The van der Waals surface area contributed by atoms with E-state index in [2.05, 4.69) is 0 Å². The fourth-order valence-corrected chi connectivity index (χ4v) is 3.91. The van der Waals surface area contributed by atoms with Crippen molar-refractivity contribution in [2.75, 3.05) is 6.54 Å². The van der Waals surface area contributed by atoms with Gasteiger partial charge in [-0.2, -0.15) is 5.06 Å².